The molecular formula is C17H27NO2S. The zero-order chi connectivity index (χ0) is 15.7. The van der Waals surface area contributed by atoms with Crippen molar-refractivity contribution in [1.29, 1.82) is 0 Å². The van der Waals surface area contributed by atoms with Crippen LogP contribution in [0.5, 0.6) is 0 Å². The van der Waals surface area contributed by atoms with Crippen molar-refractivity contribution in [3.63, 3.8) is 0 Å². The number of hydrogen-bond acceptors (Lipinski definition) is 3. The Balaban J connectivity index is 2.21. The lowest BCUT2D eigenvalue weighted by Crippen LogP contribution is -2.45. The predicted molar refractivity (Wildman–Crippen MR) is 87.9 cm³/mol. The second-order valence-electron chi connectivity index (χ2n) is 6.65. The van der Waals surface area contributed by atoms with Crippen LogP contribution in [0.3, 0.4) is 0 Å². The Morgan fingerprint density at radius 3 is 2.38 bits per heavy atom. The van der Waals surface area contributed by atoms with Gasteiger partial charge in [-0.2, -0.15) is 0 Å². The van der Waals surface area contributed by atoms with Gasteiger partial charge in [-0.05, 0) is 49.7 Å². The molecule has 2 rings (SSSR count). The second-order valence-corrected chi connectivity index (χ2v) is 8.97. The Morgan fingerprint density at radius 2 is 1.86 bits per heavy atom. The molecule has 0 aromatic heterocycles. The zero-order valence-corrected chi connectivity index (χ0v) is 14.1. The van der Waals surface area contributed by atoms with Gasteiger partial charge >= 0.3 is 0 Å². The smallest absolute Gasteiger partial charge is 0.150 e. The lowest BCUT2D eigenvalue weighted by Gasteiger charge is -2.39. The van der Waals surface area contributed by atoms with Crippen molar-refractivity contribution in [2.45, 2.75) is 56.7 Å². The molecule has 1 aliphatic rings. The van der Waals surface area contributed by atoms with E-state index >= 15 is 0 Å². The van der Waals surface area contributed by atoms with Gasteiger partial charge < -0.3 is 5.73 Å². The van der Waals surface area contributed by atoms with E-state index in [2.05, 4.69) is 31.2 Å². The van der Waals surface area contributed by atoms with Crippen molar-refractivity contribution in [3.8, 4) is 0 Å². The Bertz CT molecular complexity index is 575. The van der Waals surface area contributed by atoms with Crippen molar-refractivity contribution in [2.24, 2.45) is 11.7 Å². The Hall–Kier alpha value is -0.870. The van der Waals surface area contributed by atoms with Crippen LogP contribution in [0.2, 0.25) is 0 Å². The maximum atomic E-state index is 11.8. The molecule has 0 heterocycles. The highest BCUT2D eigenvalue weighted by Crippen LogP contribution is 2.39. The summed E-state index contributed by atoms with van der Waals surface area (Å²) in [5, 5.41) is -0.228. The minimum Gasteiger partial charge on any atom is -0.321 e. The SMILES string of the molecule is CCc1ccc(C(C)(N)C2CCCC(S(C)(=O)=O)C2)cc1. The zero-order valence-electron chi connectivity index (χ0n) is 13.3. The summed E-state index contributed by atoms with van der Waals surface area (Å²) in [4.78, 5) is 0. The molecule has 0 aliphatic heterocycles. The maximum absolute atomic E-state index is 11.8. The Labute approximate surface area is 128 Å². The Kier molecular flexibility index (Phi) is 4.79. The molecule has 3 unspecified atom stereocenters. The van der Waals surface area contributed by atoms with Gasteiger partial charge in [0.2, 0.25) is 0 Å². The normalized spacial score (nSPS) is 26.3. The lowest BCUT2D eigenvalue weighted by molar-refractivity contribution is 0.225. The summed E-state index contributed by atoms with van der Waals surface area (Å²) < 4.78 is 23.7. The minimum atomic E-state index is -2.97. The van der Waals surface area contributed by atoms with E-state index in [9.17, 15) is 8.42 Å². The standard InChI is InChI=1S/C17H27NO2S/c1-4-13-8-10-14(11-9-13)17(2,18)15-6-5-7-16(12-15)21(3,19)20/h8-11,15-16H,4-7,12,18H2,1-3H3. The molecule has 1 saturated carbocycles. The molecule has 3 atom stereocenters. The average Bonchev–Trinajstić information content (AvgIpc) is 2.46. The first-order valence-electron chi connectivity index (χ1n) is 7.82. The quantitative estimate of drug-likeness (QED) is 0.930. The van der Waals surface area contributed by atoms with Gasteiger partial charge in [0.15, 0.2) is 0 Å². The first-order chi connectivity index (χ1) is 9.75. The van der Waals surface area contributed by atoms with Crippen LogP contribution in [0.1, 0.15) is 50.7 Å². The van der Waals surface area contributed by atoms with Gasteiger partial charge in [0.05, 0.1) is 5.25 Å². The fourth-order valence-corrected chi connectivity index (χ4v) is 4.59. The molecular weight excluding hydrogens is 282 g/mol. The summed E-state index contributed by atoms with van der Waals surface area (Å²) in [6.07, 6.45) is 5.78. The molecule has 4 heteroatoms. The highest BCUT2D eigenvalue weighted by molar-refractivity contribution is 7.91. The molecule has 21 heavy (non-hydrogen) atoms. The first kappa shape index (κ1) is 16.5. The van der Waals surface area contributed by atoms with Gasteiger partial charge in [-0.15, -0.1) is 0 Å². The maximum Gasteiger partial charge on any atom is 0.150 e. The summed E-state index contributed by atoms with van der Waals surface area (Å²) in [7, 11) is -2.97. The topological polar surface area (TPSA) is 60.2 Å². The van der Waals surface area contributed by atoms with E-state index in [0.29, 0.717) is 6.42 Å². The van der Waals surface area contributed by atoms with Gasteiger partial charge in [-0.25, -0.2) is 8.42 Å². The predicted octanol–water partition coefficient (Wildman–Crippen LogP) is 3.03. The summed E-state index contributed by atoms with van der Waals surface area (Å²) in [6.45, 7) is 4.18. The second kappa shape index (κ2) is 6.09. The summed E-state index contributed by atoms with van der Waals surface area (Å²) >= 11 is 0. The molecule has 2 N–H and O–H groups in total. The molecule has 1 aromatic carbocycles. The fourth-order valence-electron chi connectivity index (χ4n) is 3.41. The fraction of sp³-hybridized carbons (Fsp3) is 0.647. The van der Waals surface area contributed by atoms with Crippen LogP contribution in [0.15, 0.2) is 24.3 Å². The third-order valence-corrected chi connectivity index (χ3v) is 6.70. The molecule has 0 saturated heterocycles. The van der Waals surface area contributed by atoms with E-state index in [-0.39, 0.29) is 11.2 Å². The third-order valence-electron chi connectivity index (χ3n) is 5.06. The van der Waals surface area contributed by atoms with Crippen molar-refractivity contribution in [3.05, 3.63) is 35.4 Å². The molecule has 1 aliphatic carbocycles. The monoisotopic (exact) mass is 309 g/mol. The summed E-state index contributed by atoms with van der Waals surface area (Å²) in [6, 6.07) is 8.44. The number of rotatable bonds is 4. The van der Waals surface area contributed by atoms with Gasteiger partial charge in [-0.1, -0.05) is 37.6 Å². The van der Waals surface area contributed by atoms with E-state index in [1.165, 1.54) is 11.8 Å². The van der Waals surface area contributed by atoms with Crippen LogP contribution in [0.25, 0.3) is 0 Å². The highest BCUT2D eigenvalue weighted by Gasteiger charge is 2.38. The summed E-state index contributed by atoms with van der Waals surface area (Å²) in [5.41, 5.74) is 8.56. The van der Waals surface area contributed by atoms with Crippen LogP contribution >= 0.6 is 0 Å². The van der Waals surface area contributed by atoms with E-state index < -0.39 is 15.4 Å². The van der Waals surface area contributed by atoms with Crippen LogP contribution in [0, 0.1) is 5.92 Å². The van der Waals surface area contributed by atoms with E-state index in [4.69, 9.17) is 5.73 Å². The van der Waals surface area contributed by atoms with Gasteiger partial charge in [0.25, 0.3) is 0 Å². The molecule has 1 fully saturated rings. The molecule has 0 bridgehead atoms. The highest BCUT2D eigenvalue weighted by atomic mass is 32.2. The van der Waals surface area contributed by atoms with Crippen LogP contribution < -0.4 is 5.73 Å². The first-order valence-corrected chi connectivity index (χ1v) is 9.77. The van der Waals surface area contributed by atoms with Crippen molar-refractivity contribution in [1.82, 2.24) is 0 Å². The van der Waals surface area contributed by atoms with Crippen molar-refractivity contribution < 1.29 is 8.42 Å². The van der Waals surface area contributed by atoms with Gasteiger partial charge in [0.1, 0.15) is 9.84 Å². The number of hydrogen-bond donors (Lipinski definition) is 1. The third kappa shape index (κ3) is 3.67. The molecule has 0 spiro atoms. The van der Waals surface area contributed by atoms with Crippen LogP contribution in [0.4, 0.5) is 0 Å². The summed E-state index contributed by atoms with van der Waals surface area (Å²) in [5.74, 6) is 0.221. The molecule has 118 valence electrons. The van der Waals surface area contributed by atoms with Gasteiger partial charge in [0, 0.05) is 11.8 Å². The number of benzene rings is 1. The number of sulfone groups is 1. The van der Waals surface area contributed by atoms with E-state index in [1.807, 2.05) is 6.92 Å². The van der Waals surface area contributed by atoms with Gasteiger partial charge in [-0.3, -0.25) is 0 Å². The lowest BCUT2D eigenvalue weighted by atomic mass is 9.72. The number of nitrogens with two attached hydrogens (primary N) is 1. The number of aryl methyl sites for hydroxylation is 1. The Morgan fingerprint density at radius 1 is 1.24 bits per heavy atom. The minimum absolute atomic E-state index is 0.221. The molecule has 1 aromatic rings. The van der Waals surface area contributed by atoms with E-state index in [1.54, 1.807) is 0 Å². The van der Waals surface area contributed by atoms with Crippen molar-refractivity contribution in [2.75, 3.05) is 6.26 Å². The largest absolute Gasteiger partial charge is 0.321 e. The van der Waals surface area contributed by atoms with Crippen molar-refractivity contribution >= 4 is 9.84 Å². The molecule has 3 nitrogen and oxygen atoms in total. The molecule has 0 radical (unpaired) electrons. The van der Waals surface area contributed by atoms with Crippen LogP contribution in [-0.4, -0.2) is 19.9 Å². The molecule has 0 amide bonds. The van der Waals surface area contributed by atoms with E-state index in [0.717, 1.165) is 31.2 Å². The average molecular weight is 309 g/mol. The van der Waals surface area contributed by atoms with Crippen LogP contribution in [-0.2, 0) is 21.8 Å².